The van der Waals surface area contributed by atoms with Gasteiger partial charge < -0.3 is 30.2 Å². The van der Waals surface area contributed by atoms with Crippen LogP contribution in [-0.4, -0.2) is 61.1 Å². The second-order valence-corrected chi connectivity index (χ2v) is 13.1. The molecule has 12 heteroatoms. The lowest BCUT2D eigenvalue weighted by atomic mass is 9.89. The zero-order chi connectivity index (χ0) is 40.2. The van der Waals surface area contributed by atoms with Crippen molar-refractivity contribution < 1.29 is 33.4 Å². The summed E-state index contributed by atoms with van der Waals surface area (Å²) in [4.78, 5) is 59.1. The standard InChI is InChI=1S/C45H47N5O7/c1-55-38-25-14-20-33(30-38)27-29-50(42(52)40(36-21-10-4-11-22-36)37-23-12-5-13-24-37)39(41(46)51)26-15-28-47-43(48-44(53)56-31-34-16-6-2-7-17-34)49-45(54)57-32-35-18-8-3-9-19-35/h2-14,16-25,30,39-40H,15,26-29,31-32H2,1H3,(H2,46,51)(H2,47,48,49,53,54)/t39-/m1/s1. The summed E-state index contributed by atoms with van der Waals surface area (Å²) in [7, 11) is 1.59. The van der Waals surface area contributed by atoms with E-state index in [0.29, 0.717) is 12.2 Å². The number of rotatable bonds is 17. The summed E-state index contributed by atoms with van der Waals surface area (Å²) in [6.07, 6.45) is -0.915. The Bertz CT molecular complexity index is 2030. The molecular formula is C45H47N5O7. The predicted molar refractivity (Wildman–Crippen MR) is 217 cm³/mol. The molecule has 5 rings (SSSR count). The molecule has 0 bridgehead atoms. The first-order valence-corrected chi connectivity index (χ1v) is 18.6. The average molecular weight is 770 g/mol. The third-order valence-electron chi connectivity index (χ3n) is 9.06. The molecule has 5 aromatic rings. The maximum absolute atomic E-state index is 14.8. The fourth-order valence-corrected chi connectivity index (χ4v) is 6.20. The second kappa shape index (κ2) is 21.8. The molecule has 5 aromatic carbocycles. The van der Waals surface area contributed by atoms with Crippen LogP contribution in [0.25, 0.3) is 0 Å². The Morgan fingerprint density at radius 3 is 1.81 bits per heavy atom. The molecule has 1 atom stereocenters. The van der Waals surface area contributed by atoms with Gasteiger partial charge in [0, 0.05) is 13.1 Å². The van der Waals surface area contributed by atoms with Gasteiger partial charge in [0.05, 0.1) is 13.0 Å². The number of hydrogen-bond donors (Lipinski definition) is 3. The number of benzene rings is 5. The van der Waals surface area contributed by atoms with Crippen LogP contribution in [-0.2, 0) is 38.7 Å². The van der Waals surface area contributed by atoms with E-state index in [2.05, 4.69) is 15.6 Å². The van der Waals surface area contributed by atoms with Crippen molar-refractivity contribution in [2.75, 3.05) is 20.2 Å². The van der Waals surface area contributed by atoms with Crippen LogP contribution in [0.15, 0.2) is 151 Å². The summed E-state index contributed by atoms with van der Waals surface area (Å²) in [6, 6.07) is 43.6. The normalized spacial score (nSPS) is 11.6. The summed E-state index contributed by atoms with van der Waals surface area (Å²) in [5.41, 5.74) is 10.1. The summed E-state index contributed by atoms with van der Waals surface area (Å²) in [6.45, 7) is 0.289. The van der Waals surface area contributed by atoms with E-state index in [1.807, 2.05) is 133 Å². The third-order valence-corrected chi connectivity index (χ3v) is 9.06. The van der Waals surface area contributed by atoms with Crippen LogP contribution in [0.5, 0.6) is 5.75 Å². The zero-order valence-corrected chi connectivity index (χ0v) is 31.8. The minimum Gasteiger partial charge on any atom is -0.497 e. The largest absolute Gasteiger partial charge is 0.497 e. The van der Waals surface area contributed by atoms with Gasteiger partial charge in [0.15, 0.2) is 0 Å². The van der Waals surface area contributed by atoms with Crippen LogP contribution in [0.4, 0.5) is 9.59 Å². The second-order valence-electron chi connectivity index (χ2n) is 13.1. The van der Waals surface area contributed by atoms with E-state index in [-0.39, 0.29) is 51.0 Å². The lowest BCUT2D eigenvalue weighted by Crippen LogP contribution is -2.51. The first kappa shape index (κ1) is 41.2. The number of amides is 4. The summed E-state index contributed by atoms with van der Waals surface area (Å²) in [5, 5.41) is 5.43. The number of nitrogens with two attached hydrogens (primary N) is 1. The van der Waals surface area contributed by atoms with E-state index in [0.717, 1.165) is 27.8 Å². The number of carbonyl (C=O) groups excluding carboxylic acids is 4. The van der Waals surface area contributed by atoms with Gasteiger partial charge in [-0.05, 0) is 59.2 Å². The topological polar surface area (TPSA) is 162 Å². The SMILES string of the molecule is COc1cccc(CCN(C(=O)C(c2ccccc2)c2ccccc2)[C@H](CCCNC(=NC(=O)OCc2ccccc2)NC(=O)OCc2ccccc2)C(N)=O)c1. The van der Waals surface area contributed by atoms with Gasteiger partial charge in [-0.1, -0.05) is 133 Å². The Morgan fingerprint density at radius 2 is 1.25 bits per heavy atom. The number of hydrogen-bond acceptors (Lipinski definition) is 7. The highest BCUT2D eigenvalue weighted by molar-refractivity contribution is 5.98. The van der Waals surface area contributed by atoms with Gasteiger partial charge in [-0.25, -0.2) is 9.59 Å². The van der Waals surface area contributed by atoms with Gasteiger partial charge in [-0.2, -0.15) is 0 Å². The Morgan fingerprint density at radius 1 is 0.702 bits per heavy atom. The van der Waals surface area contributed by atoms with Gasteiger partial charge in [0.2, 0.25) is 17.8 Å². The minimum atomic E-state index is -1.00. The van der Waals surface area contributed by atoms with Gasteiger partial charge >= 0.3 is 12.2 Å². The van der Waals surface area contributed by atoms with Crippen molar-refractivity contribution >= 4 is 30.0 Å². The van der Waals surface area contributed by atoms with Crippen molar-refractivity contribution in [3.63, 3.8) is 0 Å². The van der Waals surface area contributed by atoms with Crippen LogP contribution in [0, 0.1) is 0 Å². The van der Waals surface area contributed by atoms with E-state index in [4.69, 9.17) is 19.9 Å². The number of methoxy groups -OCH3 is 1. The molecule has 294 valence electrons. The van der Waals surface area contributed by atoms with Crippen LogP contribution >= 0.6 is 0 Å². The van der Waals surface area contributed by atoms with Crippen molar-refractivity contribution in [1.29, 1.82) is 0 Å². The maximum atomic E-state index is 14.8. The molecule has 0 aliphatic heterocycles. The first-order valence-electron chi connectivity index (χ1n) is 18.6. The van der Waals surface area contributed by atoms with Crippen LogP contribution in [0.3, 0.4) is 0 Å². The molecule has 0 aliphatic rings. The van der Waals surface area contributed by atoms with Gasteiger partial charge in [-0.15, -0.1) is 4.99 Å². The molecule has 0 heterocycles. The lowest BCUT2D eigenvalue weighted by Gasteiger charge is -2.33. The molecule has 12 nitrogen and oxygen atoms in total. The number of primary amides is 1. The van der Waals surface area contributed by atoms with Crippen LogP contribution in [0.1, 0.15) is 46.6 Å². The third kappa shape index (κ3) is 13.1. The Labute approximate surface area is 332 Å². The highest BCUT2D eigenvalue weighted by atomic mass is 16.6. The highest BCUT2D eigenvalue weighted by Crippen LogP contribution is 2.29. The number of aliphatic imine (C=N–C) groups is 1. The van der Waals surface area contributed by atoms with E-state index in [1.165, 1.54) is 0 Å². The summed E-state index contributed by atoms with van der Waals surface area (Å²) >= 11 is 0. The molecule has 0 fully saturated rings. The van der Waals surface area contributed by atoms with Gasteiger partial charge in [-0.3, -0.25) is 14.9 Å². The number of alkyl carbamates (subject to hydrolysis) is 1. The smallest absolute Gasteiger partial charge is 0.437 e. The Kier molecular flexibility index (Phi) is 15.8. The Balaban J connectivity index is 1.33. The predicted octanol–water partition coefficient (Wildman–Crippen LogP) is 6.74. The molecule has 0 saturated heterocycles. The van der Waals surface area contributed by atoms with Crippen LogP contribution < -0.4 is 21.1 Å². The van der Waals surface area contributed by atoms with Crippen molar-refractivity contribution in [1.82, 2.24) is 15.5 Å². The fourth-order valence-electron chi connectivity index (χ4n) is 6.20. The van der Waals surface area contributed by atoms with Crippen molar-refractivity contribution in [3.05, 3.63) is 173 Å². The van der Waals surface area contributed by atoms with Crippen molar-refractivity contribution in [2.24, 2.45) is 10.7 Å². The van der Waals surface area contributed by atoms with E-state index in [1.54, 1.807) is 24.1 Å². The number of guanidine groups is 1. The van der Waals surface area contributed by atoms with Gasteiger partial charge in [0.1, 0.15) is 25.0 Å². The molecular weight excluding hydrogens is 723 g/mol. The highest BCUT2D eigenvalue weighted by Gasteiger charge is 2.34. The van der Waals surface area contributed by atoms with Gasteiger partial charge in [0.25, 0.3) is 0 Å². The van der Waals surface area contributed by atoms with E-state index in [9.17, 15) is 19.2 Å². The molecule has 0 radical (unpaired) electrons. The van der Waals surface area contributed by atoms with Crippen molar-refractivity contribution in [2.45, 2.75) is 44.4 Å². The molecule has 0 saturated carbocycles. The quantitative estimate of drug-likeness (QED) is 0.0533. The average Bonchev–Trinajstić information content (AvgIpc) is 3.24. The maximum Gasteiger partial charge on any atom is 0.437 e. The Hall–Kier alpha value is -6.95. The number of carbonyl (C=O) groups is 4. The number of nitrogens with one attached hydrogen (secondary N) is 2. The zero-order valence-electron chi connectivity index (χ0n) is 31.8. The fraction of sp³-hybridized carbons (Fsp3) is 0.222. The molecule has 4 amide bonds. The molecule has 4 N–H and O–H groups in total. The summed E-state index contributed by atoms with van der Waals surface area (Å²) in [5.74, 6) is -1.19. The molecule has 57 heavy (non-hydrogen) atoms. The molecule has 0 spiro atoms. The van der Waals surface area contributed by atoms with Crippen LogP contribution in [0.2, 0.25) is 0 Å². The minimum absolute atomic E-state index is 0.00865. The monoisotopic (exact) mass is 769 g/mol. The molecule has 0 aromatic heterocycles. The molecule has 0 aliphatic carbocycles. The number of nitrogens with zero attached hydrogens (tertiary/aromatic N) is 2. The number of ether oxygens (including phenoxy) is 3. The first-order chi connectivity index (χ1) is 27.8. The van der Waals surface area contributed by atoms with E-state index >= 15 is 0 Å². The van der Waals surface area contributed by atoms with Crippen molar-refractivity contribution in [3.8, 4) is 5.75 Å². The molecule has 0 unspecified atom stereocenters. The lowest BCUT2D eigenvalue weighted by molar-refractivity contribution is -0.140. The van der Waals surface area contributed by atoms with E-state index < -0.39 is 30.1 Å². The summed E-state index contributed by atoms with van der Waals surface area (Å²) < 4.78 is 16.1.